The number of aromatic nitrogens is 1. The third-order valence-corrected chi connectivity index (χ3v) is 6.24. The second-order valence-electron chi connectivity index (χ2n) is 9.58. The minimum atomic E-state index is -0.367. The van der Waals surface area contributed by atoms with Gasteiger partial charge in [-0.25, -0.2) is 4.98 Å². The van der Waals surface area contributed by atoms with Crippen LogP contribution in [-0.4, -0.2) is 96.1 Å². The van der Waals surface area contributed by atoms with Crippen LogP contribution in [0.2, 0.25) is 0 Å². The summed E-state index contributed by atoms with van der Waals surface area (Å²) >= 11 is 0. The zero-order chi connectivity index (χ0) is 25.0. The molecule has 1 aromatic heterocycles. The highest BCUT2D eigenvalue weighted by atomic mass is 16.5. The Morgan fingerprint density at radius 3 is 2.53 bits per heavy atom. The molecule has 1 aliphatic rings. The van der Waals surface area contributed by atoms with E-state index in [1.165, 1.54) is 0 Å². The smallest absolute Gasteiger partial charge is 0.259 e. The maximum absolute atomic E-state index is 13.6. The minimum Gasteiger partial charge on any atom is -0.472 e. The molecule has 0 saturated carbocycles. The molecule has 3 atom stereocenters. The van der Waals surface area contributed by atoms with E-state index in [1.807, 2.05) is 64.0 Å². The molecule has 1 aromatic carbocycles. The summed E-state index contributed by atoms with van der Waals surface area (Å²) in [6, 6.07) is 9.47. The van der Waals surface area contributed by atoms with E-state index >= 15 is 0 Å². The normalized spacial score (nSPS) is 19.2. The van der Waals surface area contributed by atoms with Gasteiger partial charge in [-0.1, -0.05) is 36.8 Å². The number of ether oxygens (including phenoxy) is 1. The molecule has 1 N–H and O–H groups in total. The van der Waals surface area contributed by atoms with E-state index in [-0.39, 0.29) is 42.4 Å². The monoisotopic (exact) mass is 468 g/mol. The van der Waals surface area contributed by atoms with E-state index in [0.29, 0.717) is 25.2 Å². The predicted octanol–water partition coefficient (Wildman–Crippen LogP) is 2.30. The number of likely N-dealkylation sites (N-methyl/N-ethyl adjacent to an activating group) is 2. The summed E-state index contributed by atoms with van der Waals surface area (Å²) in [6.07, 6.45) is 1.34. The van der Waals surface area contributed by atoms with Crippen molar-refractivity contribution in [3.05, 3.63) is 47.7 Å². The third-order valence-electron chi connectivity index (χ3n) is 6.24. The summed E-state index contributed by atoms with van der Waals surface area (Å²) < 4.78 is 6.29. The molecule has 34 heavy (non-hydrogen) atoms. The predicted molar refractivity (Wildman–Crippen MR) is 132 cm³/mol. The Morgan fingerprint density at radius 2 is 1.91 bits per heavy atom. The highest BCUT2D eigenvalue weighted by Crippen LogP contribution is 2.30. The molecule has 0 spiro atoms. The highest BCUT2D eigenvalue weighted by Gasteiger charge is 2.34. The van der Waals surface area contributed by atoms with Crippen molar-refractivity contribution < 1.29 is 19.4 Å². The SMILES string of the molecule is Cc1ccc(-c2cnc3c(c2)C(=O)N([C@@H](C)CO)C[C@H](C)[C@@H](CN(C)C(=O)CN(C)C)O3)cc1. The van der Waals surface area contributed by atoms with Gasteiger partial charge in [-0.3, -0.25) is 9.59 Å². The van der Waals surface area contributed by atoms with Crippen molar-refractivity contribution in [1.82, 2.24) is 19.7 Å². The van der Waals surface area contributed by atoms with Gasteiger partial charge >= 0.3 is 0 Å². The quantitative estimate of drug-likeness (QED) is 0.671. The molecule has 2 heterocycles. The van der Waals surface area contributed by atoms with Gasteiger partial charge in [0.15, 0.2) is 0 Å². The standard InChI is InChI=1S/C26H36N4O4/c1-17-7-9-20(10-8-17)21-11-22-25(27-12-21)34-23(14-29(6)24(32)15-28(4)5)18(2)13-30(26(22)33)19(3)16-31/h7-12,18-19,23,31H,13-16H2,1-6H3/t18-,19-,23+/m0/s1. The largest absolute Gasteiger partial charge is 0.472 e. The van der Waals surface area contributed by atoms with E-state index in [2.05, 4.69) is 4.98 Å². The molecule has 0 bridgehead atoms. The van der Waals surface area contributed by atoms with Crippen LogP contribution in [0.4, 0.5) is 0 Å². The van der Waals surface area contributed by atoms with Crippen LogP contribution in [0, 0.1) is 12.8 Å². The van der Waals surface area contributed by atoms with Gasteiger partial charge < -0.3 is 24.5 Å². The highest BCUT2D eigenvalue weighted by molar-refractivity contribution is 5.98. The first-order valence-corrected chi connectivity index (χ1v) is 11.6. The summed E-state index contributed by atoms with van der Waals surface area (Å²) in [4.78, 5) is 35.8. The molecule has 3 rings (SSSR count). The molecular formula is C26H36N4O4. The van der Waals surface area contributed by atoms with Gasteiger partial charge in [0.1, 0.15) is 11.7 Å². The van der Waals surface area contributed by atoms with Crippen molar-refractivity contribution >= 4 is 11.8 Å². The first kappa shape index (κ1) is 25.6. The number of hydrogen-bond donors (Lipinski definition) is 1. The van der Waals surface area contributed by atoms with Gasteiger partial charge in [0.05, 0.1) is 25.7 Å². The van der Waals surface area contributed by atoms with Gasteiger partial charge in [0, 0.05) is 31.3 Å². The van der Waals surface area contributed by atoms with Gasteiger partial charge in [0.25, 0.3) is 5.91 Å². The van der Waals surface area contributed by atoms with Crippen LogP contribution >= 0.6 is 0 Å². The van der Waals surface area contributed by atoms with E-state index in [9.17, 15) is 14.7 Å². The number of aliphatic hydroxyl groups is 1. The van der Waals surface area contributed by atoms with Crippen LogP contribution in [0.1, 0.15) is 29.8 Å². The van der Waals surface area contributed by atoms with Crippen molar-refractivity contribution in [2.24, 2.45) is 5.92 Å². The molecule has 1 aliphatic heterocycles. The molecule has 2 aromatic rings. The lowest BCUT2D eigenvalue weighted by Crippen LogP contribution is -2.51. The van der Waals surface area contributed by atoms with E-state index in [1.54, 1.807) is 29.1 Å². The molecule has 0 aliphatic carbocycles. The topological polar surface area (TPSA) is 86.2 Å². The minimum absolute atomic E-state index is 0.0116. The first-order valence-electron chi connectivity index (χ1n) is 11.6. The molecule has 0 fully saturated rings. The number of aryl methyl sites for hydroxylation is 1. The van der Waals surface area contributed by atoms with Crippen LogP contribution in [0.15, 0.2) is 36.5 Å². The number of amides is 2. The Morgan fingerprint density at radius 1 is 1.24 bits per heavy atom. The maximum atomic E-state index is 13.6. The molecule has 8 heteroatoms. The van der Waals surface area contributed by atoms with Crippen molar-refractivity contribution in [2.75, 3.05) is 47.4 Å². The van der Waals surface area contributed by atoms with Crippen LogP contribution in [0.25, 0.3) is 11.1 Å². The number of carbonyl (C=O) groups is 2. The second-order valence-corrected chi connectivity index (χ2v) is 9.58. The average molecular weight is 469 g/mol. The van der Waals surface area contributed by atoms with Gasteiger partial charge in [0.2, 0.25) is 11.8 Å². The van der Waals surface area contributed by atoms with Crippen LogP contribution in [0.3, 0.4) is 0 Å². The van der Waals surface area contributed by atoms with E-state index in [0.717, 1.165) is 16.7 Å². The second kappa shape index (κ2) is 11.0. The maximum Gasteiger partial charge on any atom is 0.259 e. The fraction of sp³-hybridized carbons (Fsp3) is 0.500. The summed E-state index contributed by atoms with van der Waals surface area (Å²) in [7, 11) is 5.47. The summed E-state index contributed by atoms with van der Waals surface area (Å²) in [5.74, 6) is -0.0666. The van der Waals surface area contributed by atoms with Gasteiger partial charge in [-0.05, 0) is 39.6 Å². The Labute approximate surface area is 202 Å². The van der Waals surface area contributed by atoms with Crippen LogP contribution in [-0.2, 0) is 4.79 Å². The molecule has 0 radical (unpaired) electrons. The molecule has 0 saturated heterocycles. The lowest BCUT2D eigenvalue weighted by molar-refractivity contribution is -0.132. The molecule has 184 valence electrons. The summed E-state index contributed by atoms with van der Waals surface area (Å²) in [5.41, 5.74) is 3.28. The van der Waals surface area contributed by atoms with Crippen LogP contribution in [0.5, 0.6) is 5.88 Å². The molecular weight excluding hydrogens is 432 g/mol. The molecule has 2 amide bonds. The number of fused-ring (bicyclic) bond motifs is 1. The Hall–Kier alpha value is -2.97. The average Bonchev–Trinajstić information content (AvgIpc) is 2.80. The number of nitrogens with zero attached hydrogens (tertiary/aromatic N) is 4. The zero-order valence-electron chi connectivity index (χ0n) is 21.0. The fourth-order valence-corrected chi connectivity index (χ4v) is 3.99. The third kappa shape index (κ3) is 5.93. The number of rotatable bonds is 7. The number of pyridine rings is 1. The summed E-state index contributed by atoms with van der Waals surface area (Å²) in [5, 5.41) is 9.83. The number of aliphatic hydroxyl groups excluding tert-OH is 1. The van der Waals surface area contributed by atoms with Crippen molar-refractivity contribution in [3.63, 3.8) is 0 Å². The lowest BCUT2D eigenvalue weighted by atomic mass is 9.99. The van der Waals surface area contributed by atoms with E-state index < -0.39 is 0 Å². The number of hydrogen-bond acceptors (Lipinski definition) is 6. The zero-order valence-corrected chi connectivity index (χ0v) is 21.0. The molecule has 8 nitrogen and oxygen atoms in total. The Bertz CT molecular complexity index is 1010. The number of carbonyl (C=O) groups excluding carboxylic acids is 2. The lowest BCUT2D eigenvalue weighted by Gasteiger charge is -2.37. The van der Waals surface area contributed by atoms with Gasteiger partial charge in [-0.15, -0.1) is 0 Å². The van der Waals surface area contributed by atoms with Crippen molar-refractivity contribution in [1.29, 1.82) is 0 Å². The summed E-state index contributed by atoms with van der Waals surface area (Å²) in [6.45, 7) is 6.76. The van der Waals surface area contributed by atoms with Gasteiger partial charge in [-0.2, -0.15) is 0 Å². The molecule has 0 unspecified atom stereocenters. The number of benzene rings is 1. The fourth-order valence-electron chi connectivity index (χ4n) is 3.99. The van der Waals surface area contributed by atoms with Crippen LogP contribution < -0.4 is 4.74 Å². The Balaban J connectivity index is 1.98. The first-order chi connectivity index (χ1) is 16.1. The van der Waals surface area contributed by atoms with E-state index in [4.69, 9.17) is 4.74 Å². The van der Waals surface area contributed by atoms with Crippen molar-refractivity contribution in [2.45, 2.75) is 32.9 Å². The Kier molecular flexibility index (Phi) is 8.28. The van der Waals surface area contributed by atoms with Crippen molar-refractivity contribution in [3.8, 4) is 17.0 Å².